The number of carbonyl (C=O) groups excluding carboxylic acids is 1. The number of hydrogen-bond donors (Lipinski definition) is 2. The lowest BCUT2D eigenvalue weighted by Gasteiger charge is -2.27. The lowest BCUT2D eigenvalue weighted by Crippen LogP contribution is -2.36. The molecule has 2 N–H and O–H groups in total. The molecule has 3 aromatic rings. The van der Waals surface area contributed by atoms with Crippen molar-refractivity contribution < 1.29 is 22.3 Å². The summed E-state index contributed by atoms with van der Waals surface area (Å²) in [5.74, 6) is -0.0776. The molecule has 0 bridgehead atoms. The number of aromatic nitrogens is 1. The minimum atomic E-state index is -3.53. The number of rotatable bonds is 6. The molecule has 10 heteroatoms. The van der Waals surface area contributed by atoms with E-state index >= 15 is 0 Å². The Morgan fingerprint density at radius 2 is 1.88 bits per heavy atom. The number of nitrogens with zero attached hydrogens (tertiary/aromatic N) is 2. The number of anilines is 2. The zero-order valence-electron chi connectivity index (χ0n) is 19.3. The lowest BCUT2D eigenvalue weighted by atomic mass is 10.0. The molecule has 0 aliphatic carbocycles. The van der Waals surface area contributed by atoms with E-state index in [4.69, 9.17) is 9.72 Å². The van der Waals surface area contributed by atoms with Gasteiger partial charge in [-0.15, -0.1) is 0 Å². The molecule has 8 nitrogen and oxygen atoms in total. The first kappa shape index (κ1) is 23.9. The molecule has 1 saturated heterocycles. The molecule has 2 aromatic carbocycles. The van der Waals surface area contributed by atoms with Crippen LogP contribution in [0.2, 0.25) is 0 Å². The molecule has 2 heterocycles. The second-order valence-corrected chi connectivity index (χ2v) is 10.2. The minimum absolute atomic E-state index is 0.167. The van der Waals surface area contributed by atoms with Crippen molar-refractivity contribution in [2.75, 3.05) is 42.2 Å². The van der Waals surface area contributed by atoms with Crippen LogP contribution in [0.4, 0.5) is 15.9 Å². The van der Waals surface area contributed by atoms with E-state index in [1.807, 2.05) is 12.1 Å². The fourth-order valence-electron chi connectivity index (χ4n) is 3.93. The molecule has 0 saturated carbocycles. The largest absolute Gasteiger partial charge is 0.378 e. The van der Waals surface area contributed by atoms with Gasteiger partial charge in [-0.2, -0.15) is 0 Å². The number of benzene rings is 2. The van der Waals surface area contributed by atoms with E-state index in [2.05, 4.69) is 14.9 Å². The summed E-state index contributed by atoms with van der Waals surface area (Å²) in [4.78, 5) is 19.7. The van der Waals surface area contributed by atoms with E-state index in [1.54, 1.807) is 32.0 Å². The summed E-state index contributed by atoms with van der Waals surface area (Å²) < 4.78 is 45.3. The number of halogens is 1. The van der Waals surface area contributed by atoms with Crippen molar-refractivity contribution in [3.05, 3.63) is 65.0 Å². The van der Waals surface area contributed by atoms with E-state index in [0.29, 0.717) is 24.3 Å². The SMILES string of the molecule is Cc1cc([C@@H](C)NC(=O)c2ccc3nc(N4CCOCC4)ccc3c2)c(F)cc1NS(C)(=O)=O. The van der Waals surface area contributed by atoms with Gasteiger partial charge in [0.25, 0.3) is 5.91 Å². The highest BCUT2D eigenvalue weighted by Crippen LogP contribution is 2.26. The Bertz CT molecular complexity index is 1340. The summed E-state index contributed by atoms with van der Waals surface area (Å²) in [5.41, 5.74) is 2.20. The average molecular weight is 487 g/mol. The first-order valence-corrected chi connectivity index (χ1v) is 12.8. The van der Waals surface area contributed by atoms with Gasteiger partial charge in [0.2, 0.25) is 10.0 Å². The number of morpholine rings is 1. The number of amides is 1. The second-order valence-electron chi connectivity index (χ2n) is 8.43. The number of ether oxygens (including phenoxy) is 1. The topological polar surface area (TPSA) is 101 Å². The molecule has 0 radical (unpaired) electrons. The Morgan fingerprint density at radius 3 is 2.59 bits per heavy atom. The van der Waals surface area contributed by atoms with Crippen molar-refractivity contribution in [2.45, 2.75) is 19.9 Å². The zero-order valence-corrected chi connectivity index (χ0v) is 20.1. The lowest BCUT2D eigenvalue weighted by molar-refractivity contribution is 0.0939. The van der Waals surface area contributed by atoms with Crippen LogP contribution in [0, 0.1) is 12.7 Å². The van der Waals surface area contributed by atoms with Crippen LogP contribution in [0.25, 0.3) is 10.9 Å². The molecule has 34 heavy (non-hydrogen) atoms. The molecular weight excluding hydrogens is 459 g/mol. The molecule has 1 fully saturated rings. The van der Waals surface area contributed by atoms with Crippen LogP contribution in [-0.4, -0.2) is 51.9 Å². The summed E-state index contributed by atoms with van der Waals surface area (Å²) >= 11 is 0. The molecule has 1 aromatic heterocycles. The van der Waals surface area contributed by atoms with Crippen molar-refractivity contribution >= 4 is 38.3 Å². The third-order valence-electron chi connectivity index (χ3n) is 5.72. The molecule has 0 spiro atoms. The number of nitrogens with one attached hydrogen (secondary N) is 2. The Balaban J connectivity index is 1.50. The third kappa shape index (κ3) is 5.45. The van der Waals surface area contributed by atoms with Crippen molar-refractivity contribution in [3.8, 4) is 0 Å². The van der Waals surface area contributed by atoms with Gasteiger partial charge in [0.15, 0.2) is 0 Å². The van der Waals surface area contributed by atoms with E-state index in [-0.39, 0.29) is 17.2 Å². The molecule has 1 aliphatic rings. The van der Waals surface area contributed by atoms with E-state index in [1.165, 1.54) is 6.07 Å². The predicted molar refractivity (Wildman–Crippen MR) is 130 cm³/mol. The van der Waals surface area contributed by atoms with Gasteiger partial charge in [0.1, 0.15) is 11.6 Å². The smallest absolute Gasteiger partial charge is 0.251 e. The number of aryl methyl sites for hydroxylation is 1. The van der Waals surface area contributed by atoms with E-state index < -0.39 is 21.9 Å². The fraction of sp³-hybridized carbons (Fsp3) is 0.333. The van der Waals surface area contributed by atoms with Crippen LogP contribution in [-0.2, 0) is 14.8 Å². The van der Waals surface area contributed by atoms with Gasteiger partial charge in [-0.05, 0) is 61.9 Å². The Kier molecular flexibility index (Phi) is 6.72. The average Bonchev–Trinajstić information content (AvgIpc) is 2.80. The summed E-state index contributed by atoms with van der Waals surface area (Å²) in [7, 11) is -3.53. The normalized spacial score (nSPS) is 15.2. The molecular formula is C24H27FN4O4S. The first-order chi connectivity index (χ1) is 16.1. The van der Waals surface area contributed by atoms with Gasteiger partial charge in [0, 0.05) is 29.6 Å². The van der Waals surface area contributed by atoms with Crippen LogP contribution < -0.4 is 14.9 Å². The maximum atomic E-state index is 14.7. The van der Waals surface area contributed by atoms with Gasteiger partial charge in [0.05, 0.1) is 36.7 Å². The fourth-order valence-corrected chi connectivity index (χ4v) is 4.55. The number of pyridine rings is 1. The number of fused-ring (bicyclic) bond motifs is 1. The highest BCUT2D eigenvalue weighted by Gasteiger charge is 2.18. The van der Waals surface area contributed by atoms with Gasteiger partial charge in [-0.1, -0.05) is 0 Å². The van der Waals surface area contributed by atoms with E-state index in [9.17, 15) is 17.6 Å². The van der Waals surface area contributed by atoms with Crippen molar-refractivity contribution in [1.29, 1.82) is 0 Å². The highest BCUT2D eigenvalue weighted by atomic mass is 32.2. The molecule has 0 unspecified atom stereocenters. The van der Waals surface area contributed by atoms with Crippen molar-refractivity contribution in [3.63, 3.8) is 0 Å². The quantitative estimate of drug-likeness (QED) is 0.554. The summed E-state index contributed by atoms with van der Waals surface area (Å²) in [5, 5.41) is 3.65. The Hall–Kier alpha value is -3.24. The Morgan fingerprint density at radius 1 is 1.15 bits per heavy atom. The summed E-state index contributed by atoms with van der Waals surface area (Å²) in [6.45, 7) is 6.28. The van der Waals surface area contributed by atoms with Gasteiger partial charge in [-0.25, -0.2) is 17.8 Å². The van der Waals surface area contributed by atoms with Crippen LogP contribution in [0.15, 0.2) is 42.5 Å². The van der Waals surface area contributed by atoms with E-state index in [0.717, 1.165) is 42.1 Å². The van der Waals surface area contributed by atoms with Gasteiger partial charge in [-0.3, -0.25) is 9.52 Å². The number of sulfonamides is 1. The molecule has 1 atom stereocenters. The molecule has 4 rings (SSSR count). The number of carbonyl (C=O) groups is 1. The second kappa shape index (κ2) is 9.55. The highest BCUT2D eigenvalue weighted by molar-refractivity contribution is 7.92. The van der Waals surface area contributed by atoms with Gasteiger partial charge < -0.3 is 15.0 Å². The number of hydrogen-bond acceptors (Lipinski definition) is 6. The van der Waals surface area contributed by atoms with Crippen LogP contribution in [0.3, 0.4) is 0 Å². The first-order valence-electron chi connectivity index (χ1n) is 10.9. The standard InChI is InChI=1S/C24H27FN4O4S/c1-15-12-19(20(25)14-22(15)28-34(3,31)32)16(2)26-24(30)18-4-6-21-17(13-18)5-7-23(27-21)29-8-10-33-11-9-29/h4-7,12-14,16,28H,8-11H2,1-3H3,(H,26,30)/t16-/m1/s1. The monoisotopic (exact) mass is 486 g/mol. The summed E-state index contributed by atoms with van der Waals surface area (Å²) in [6.07, 6.45) is 1.00. The maximum absolute atomic E-state index is 14.7. The van der Waals surface area contributed by atoms with Crippen molar-refractivity contribution in [2.24, 2.45) is 0 Å². The third-order valence-corrected chi connectivity index (χ3v) is 6.32. The predicted octanol–water partition coefficient (Wildman–Crippen LogP) is 3.38. The Labute approximate surface area is 198 Å². The van der Waals surface area contributed by atoms with Gasteiger partial charge >= 0.3 is 0 Å². The van der Waals surface area contributed by atoms with Crippen LogP contribution >= 0.6 is 0 Å². The molecule has 1 amide bonds. The summed E-state index contributed by atoms with van der Waals surface area (Å²) in [6, 6.07) is 11.2. The zero-order chi connectivity index (χ0) is 24.5. The molecule has 1 aliphatic heterocycles. The minimum Gasteiger partial charge on any atom is -0.378 e. The van der Waals surface area contributed by atoms with Crippen LogP contribution in [0.5, 0.6) is 0 Å². The maximum Gasteiger partial charge on any atom is 0.251 e. The van der Waals surface area contributed by atoms with Crippen LogP contribution in [0.1, 0.15) is 34.5 Å². The molecule has 180 valence electrons. The van der Waals surface area contributed by atoms with Crippen molar-refractivity contribution in [1.82, 2.24) is 10.3 Å².